The summed E-state index contributed by atoms with van der Waals surface area (Å²) in [4.78, 5) is 23.5. The Morgan fingerprint density at radius 2 is 1.90 bits per heavy atom. The minimum absolute atomic E-state index is 0.0756. The number of fused-ring (bicyclic) bond motifs is 1. The molecule has 1 heterocycles. The zero-order valence-electron chi connectivity index (χ0n) is 19.2. The highest BCUT2D eigenvalue weighted by atomic mass is 127. The van der Waals surface area contributed by atoms with E-state index in [9.17, 15) is 9.18 Å². The van der Waals surface area contributed by atoms with Gasteiger partial charge in [0.25, 0.3) is 5.91 Å². The summed E-state index contributed by atoms with van der Waals surface area (Å²) < 4.78 is 19.8. The molecule has 0 spiro atoms. The van der Waals surface area contributed by atoms with Crippen LogP contribution >= 0.6 is 22.6 Å². The number of aromatic nitrogens is 2. The molecule has 2 aromatic rings. The molecule has 1 aromatic carbocycles. The van der Waals surface area contributed by atoms with Gasteiger partial charge in [0.05, 0.1) is 37.1 Å². The Kier molecular flexibility index (Phi) is 9.57. The van der Waals surface area contributed by atoms with Gasteiger partial charge < -0.3 is 15.0 Å². The number of nitrogens with one attached hydrogen (secondary N) is 1. The fourth-order valence-electron chi connectivity index (χ4n) is 3.15. The molecule has 0 aliphatic heterocycles. The van der Waals surface area contributed by atoms with Crippen LogP contribution in [0.3, 0.4) is 0 Å². The summed E-state index contributed by atoms with van der Waals surface area (Å²) in [5.41, 5.74) is 1.28. The van der Waals surface area contributed by atoms with Crippen molar-refractivity contribution < 1.29 is 13.9 Å². The van der Waals surface area contributed by atoms with Crippen LogP contribution < -0.4 is 5.32 Å². The lowest BCUT2D eigenvalue weighted by Crippen LogP contribution is -2.41. The van der Waals surface area contributed by atoms with Crippen LogP contribution in [0.5, 0.6) is 0 Å². The van der Waals surface area contributed by atoms with Crippen LogP contribution in [0, 0.1) is 14.4 Å². The molecule has 0 radical (unpaired) electrons. The predicted molar refractivity (Wildman–Crippen MR) is 131 cm³/mol. The molecule has 0 aliphatic rings. The minimum atomic E-state index is -0.449. The van der Waals surface area contributed by atoms with E-state index in [1.807, 2.05) is 32.0 Å². The van der Waals surface area contributed by atoms with E-state index in [0.717, 1.165) is 28.7 Å². The molecule has 8 heteroatoms. The molecule has 0 saturated carbocycles. The van der Waals surface area contributed by atoms with E-state index in [-0.39, 0.29) is 11.3 Å². The lowest BCUT2D eigenvalue weighted by atomic mass is 9.93. The lowest BCUT2D eigenvalue weighted by molar-refractivity contribution is -0.00379. The van der Waals surface area contributed by atoms with Crippen molar-refractivity contribution in [3.8, 4) is 0 Å². The third-order valence-electron chi connectivity index (χ3n) is 4.90. The normalized spacial score (nSPS) is 12.5. The topological polar surface area (TPSA) is 67.4 Å². The largest absolute Gasteiger partial charge is 0.380 e. The number of rotatable bonds is 12. The number of hydrogen-bond acceptors (Lipinski definition) is 5. The van der Waals surface area contributed by atoms with Crippen molar-refractivity contribution in [3.05, 3.63) is 33.7 Å². The van der Waals surface area contributed by atoms with Gasteiger partial charge in [-0.3, -0.25) is 14.2 Å². The summed E-state index contributed by atoms with van der Waals surface area (Å²) in [6.07, 6.45) is 1.52. The van der Waals surface area contributed by atoms with Crippen LogP contribution in [0.4, 0.5) is 4.39 Å². The molecule has 2 rings (SSSR count). The maximum atomic E-state index is 12.9. The highest BCUT2D eigenvalue weighted by Gasteiger charge is 2.24. The van der Waals surface area contributed by atoms with Crippen molar-refractivity contribution in [2.75, 3.05) is 46.1 Å². The summed E-state index contributed by atoms with van der Waals surface area (Å²) in [5, 5.41) is 2.94. The van der Waals surface area contributed by atoms with Crippen LogP contribution in [-0.4, -0.2) is 66.8 Å². The van der Waals surface area contributed by atoms with Crippen molar-refractivity contribution >= 4 is 39.5 Å². The predicted octanol–water partition coefficient (Wildman–Crippen LogP) is 4.32. The smallest absolute Gasteiger partial charge is 0.271 e. The zero-order chi connectivity index (χ0) is 23.1. The second kappa shape index (κ2) is 11.5. The maximum absolute atomic E-state index is 12.9. The number of halogens is 2. The van der Waals surface area contributed by atoms with Crippen LogP contribution in [0.1, 0.15) is 45.1 Å². The minimum Gasteiger partial charge on any atom is -0.380 e. The van der Waals surface area contributed by atoms with Gasteiger partial charge in [-0.05, 0) is 47.3 Å². The van der Waals surface area contributed by atoms with Gasteiger partial charge in [0.15, 0.2) is 0 Å². The number of alkyl halides is 1. The van der Waals surface area contributed by atoms with Gasteiger partial charge in [0.2, 0.25) is 0 Å². The van der Waals surface area contributed by atoms with E-state index in [2.05, 4.69) is 63.5 Å². The van der Waals surface area contributed by atoms with E-state index in [4.69, 9.17) is 4.74 Å². The molecule has 6 nitrogen and oxygen atoms in total. The monoisotopic (exact) mass is 544 g/mol. The molecule has 0 atom stereocenters. The number of carbonyl (C=O) groups is 1. The molecule has 0 fully saturated rings. The second-order valence-electron chi connectivity index (χ2n) is 9.47. The quantitative estimate of drug-likeness (QED) is 0.404. The lowest BCUT2D eigenvalue weighted by Gasteiger charge is -2.33. The molecule has 1 N–H and O–H groups in total. The Morgan fingerprint density at radius 1 is 1.19 bits per heavy atom. The molecule has 0 saturated heterocycles. The number of likely N-dealkylation sites (N-methyl/N-ethyl adjacent to an activating group) is 1. The molecule has 0 aliphatic carbocycles. The van der Waals surface area contributed by atoms with Crippen LogP contribution in [0.15, 0.2) is 24.4 Å². The number of carbonyl (C=O) groups excluding carboxylic acids is 1. The Morgan fingerprint density at radius 3 is 2.58 bits per heavy atom. The highest BCUT2D eigenvalue weighted by Crippen LogP contribution is 2.21. The average Bonchev–Trinajstić information content (AvgIpc) is 2.72. The molecular formula is C23H34FIN4O2. The Hall–Kier alpha value is -1.39. The van der Waals surface area contributed by atoms with Crippen molar-refractivity contribution in [2.45, 2.75) is 34.6 Å². The molecule has 31 heavy (non-hydrogen) atoms. The SMILES string of the molecule is CCN(CCNC(=O)c1cnc2cc(I)ccc2n1)CC(C)(C)COCC(C)(C)CF. The van der Waals surface area contributed by atoms with E-state index in [0.29, 0.717) is 31.0 Å². The number of amides is 1. The summed E-state index contributed by atoms with van der Waals surface area (Å²) >= 11 is 2.22. The van der Waals surface area contributed by atoms with Crippen molar-refractivity contribution in [1.82, 2.24) is 20.2 Å². The van der Waals surface area contributed by atoms with Crippen molar-refractivity contribution in [3.63, 3.8) is 0 Å². The van der Waals surface area contributed by atoms with E-state index >= 15 is 0 Å². The number of nitrogens with zero attached hydrogens (tertiary/aromatic N) is 3. The molecule has 0 unspecified atom stereocenters. The van der Waals surface area contributed by atoms with Gasteiger partial charge >= 0.3 is 0 Å². The summed E-state index contributed by atoms with van der Waals surface area (Å²) in [6, 6.07) is 5.76. The van der Waals surface area contributed by atoms with E-state index in [1.54, 1.807) is 0 Å². The summed E-state index contributed by atoms with van der Waals surface area (Å²) in [6.45, 7) is 13.6. The summed E-state index contributed by atoms with van der Waals surface area (Å²) in [7, 11) is 0. The Bertz CT molecular complexity index is 876. The third kappa shape index (κ3) is 8.57. The summed E-state index contributed by atoms with van der Waals surface area (Å²) in [5.74, 6) is -0.222. The standard InChI is InChI=1S/C23H34FIN4O2/c1-6-29(14-23(4,5)16-31-15-22(2,3)13-24)10-9-26-21(30)20-12-27-19-11-17(25)7-8-18(19)28-20/h7-8,11-12H,6,9-10,13-16H2,1-5H3,(H,26,30). The van der Waals surface area contributed by atoms with Crippen LogP contribution in [0.25, 0.3) is 11.0 Å². The molecule has 1 aromatic heterocycles. The first-order valence-electron chi connectivity index (χ1n) is 10.6. The molecule has 172 valence electrons. The molecule has 1 amide bonds. The van der Waals surface area contributed by atoms with Crippen LogP contribution in [-0.2, 0) is 4.74 Å². The Labute approximate surface area is 198 Å². The number of hydrogen-bond donors (Lipinski definition) is 1. The van der Waals surface area contributed by atoms with E-state index in [1.165, 1.54) is 6.20 Å². The van der Waals surface area contributed by atoms with Crippen LogP contribution in [0.2, 0.25) is 0 Å². The fraction of sp³-hybridized carbons (Fsp3) is 0.609. The van der Waals surface area contributed by atoms with Gasteiger partial charge in [-0.25, -0.2) is 4.98 Å². The second-order valence-corrected chi connectivity index (χ2v) is 10.7. The van der Waals surface area contributed by atoms with Crippen molar-refractivity contribution in [2.24, 2.45) is 10.8 Å². The number of benzene rings is 1. The van der Waals surface area contributed by atoms with Gasteiger partial charge in [0.1, 0.15) is 5.69 Å². The Balaban J connectivity index is 1.82. The first-order valence-corrected chi connectivity index (χ1v) is 11.7. The highest BCUT2D eigenvalue weighted by molar-refractivity contribution is 14.1. The third-order valence-corrected chi connectivity index (χ3v) is 5.57. The first kappa shape index (κ1) is 25.9. The zero-order valence-corrected chi connectivity index (χ0v) is 21.3. The van der Waals surface area contributed by atoms with E-state index < -0.39 is 12.1 Å². The first-order chi connectivity index (χ1) is 14.5. The van der Waals surface area contributed by atoms with Gasteiger partial charge in [0, 0.05) is 34.0 Å². The number of ether oxygens (including phenoxy) is 1. The molecular weight excluding hydrogens is 510 g/mol. The van der Waals surface area contributed by atoms with Gasteiger partial charge in [-0.15, -0.1) is 0 Å². The van der Waals surface area contributed by atoms with Crippen molar-refractivity contribution in [1.29, 1.82) is 0 Å². The maximum Gasteiger partial charge on any atom is 0.271 e. The molecule has 0 bridgehead atoms. The van der Waals surface area contributed by atoms with Gasteiger partial charge in [-0.1, -0.05) is 34.6 Å². The van der Waals surface area contributed by atoms with Gasteiger partial charge in [-0.2, -0.15) is 0 Å². The fourth-order valence-corrected chi connectivity index (χ4v) is 3.63. The average molecular weight is 544 g/mol.